The normalized spacial score (nSPS) is 20.9. The zero-order valence-electron chi connectivity index (χ0n) is 10.6. The molecule has 1 aliphatic rings. The van der Waals surface area contributed by atoms with E-state index in [0.717, 1.165) is 26.3 Å². The molecule has 0 radical (unpaired) electrons. The summed E-state index contributed by atoms with van der Waals surface area (Å²) >= 11 is 5.88. The Hall–Kier alpha value is -0.900. The highest BCUT2D eigenvalue weighted by Gasteiger charge is 2.19. The maximum absolute atomic E-state index is 12.0. The first-order valence-electron chi connectivity index (χ1n) is 6.27. The molecular formula is C14H18ClNO2. The smallest absolute Gasteiger partial charge is 0.164 e. The Kier molecular flexibility index (Phi) is 4.75. The van der Waals surface area contributed by atoms with Crippen LogP contribution in [0.2, 0.25) is 5.02 Å². The zero-order valence-corrected chi connectivity index (χ0v) is 11.3. The van der Waals surface area contributed by atoms with E-state index in [1.807, 2.05) is 12.1 Å². The van der Waals surface area contributed by atoms with Gasteiger partial charge in [0.05, 0.1) is 13.2 Å². The van der Waals surface area contributed by atoms with Gasteiger partial charge in [0, 0.05) is 36.1 Å². The minimum Gasteiger partial charge on any atom is -0.379 e. The fourth-order valence-corrected chi connectivity index (χ4v) is 2.34. The molecule has 0 aliphatic carbocycles. The molecule has 1 aromatic rings. The van der Waals surface area contributed by atoms with Gasteiger partial charge in [0.25, 0.3) is 0 Å². The standard InChI is InChI=1S/C14H18ClNO2/c1-11-10-18-8-7-16(11)6-5-14(17)12-3-2-4-13(15)9-12/h2-4,9,11H,5-8,10H2,1H3. The number of ketones is 1. The van der Waals surface area contributed by atoms with E-state index >= 15 is 0 Å². The molecule has 0 spiro atoms. The van der Waals surface area contributed by atoms with Gasteiger partial charge in [-0.15, -0.1) is 0 Å². The molecule has 0 saturated carbocycles. The summed E-state index contributed by atoms with van der Waals surface area (Å²) in [5.74, 6) is 0.149. The van der Waals surface area contributed by atoms with E-state index in [1.165, 1.54) is 0 Å². The Morgan fingerprint density at radius 3 is 3.11 bits per heavy atom. The average molecular weight is 268 g/mol. The lowest BCUT2D eigenvalue weighted by molar-refractivity contribution is -0.000208. The molecular weight excluding hydrogens is 250 g/mol. The van der Waals surface area contributed by atoms with Crippen LogP contribution in [0.15, 0.2) is 24.3 Å². The van der Waals surface area contributed by atoms with Gasteiger partial charge in [0.2, 0.25) is 0 Å². The molecule has 0 N–H and O–H groups in total. The van der Waals surface area contributed by atoms with Crippen molar-refractivity contribution >= 4 is 17.4 Å². The minimum absolute atomic E-state index is 0.149. The number of benzene rings is 1. The molecule has 4 heteroatoms. The van der Waals surface area contributed by atoms with Crippen molar-refractivity contribution in [2.75, 3.05) is 26.3 Å². The SMILES string of the molecule is CC1COCCN1CCC(=O)c1cccc(Cl)c1. The second-order valence-electron chi connectivity index (χ2n) is 4.64. The van der Waals surface area contributed by atoms with Crippen molar-refractivity contribution in [2.45, 2.75) is 19.4 Å². The molecule has 1 unspecified atom stereocenters. The number of hydrogen-bond donors (Lipinski definition) is 0. The molecule has 1 aromatic carbocycles. The summed E-state index contributed by atoms with van der Waals surface area (Å²) in [5.41, 5.74) is 0.698. The van der Waals surface area contributed by atoms with Crippen LogP contribution in [0.5, 0.6) is 0 Å². The number of rotatable bonds is 4. The minimum atomic E-state index is 0.149. The van der Waals surface area contributed by atoms with Crippen LogP contribution in [0.25, 0.3) is 0 Å². The number of morpholine rings is 1. The molecule has 1 atom stereocenters. The summed E-state index contributed by atoms with van der Waals surface area (Å²) in [4.78, 5) is 14.3. The van der Waals surface area contributed by atoms with Crippen LogP contribution in [0.4, 0.5) is 0 Å². The van der Waals surface area contributed by atoms with Crippen LogP contribution in [0.3, 0.4) is 0 Å². The van der Waals surface area contributed by atoms with Crippen molar-refractivity contribution in [3.8, 4) is 0 Å². The molecule has 1 aliphatic heterocycles. The fraction of sp³-hybridized carbons (Fsp3) is 0.500. The van der Waals surface area contributed by atoms with Crippen molar-refractivity contribution in [1.82, 2.24) is 4.90 Å². The molecule has 1 saturated heterocycles. The number of halogens is 1. The second kappa shape index (κ2) is 6.32. The van der Waals surface area contributed by atoms with Gasteiger partial charge in [0.1, 0.15) is 0 Å². The topological polar surface area (TPSA) is 29.5 Å². The van der Waals surface area contributed by atoms with E-state index in [-0.39, 0.29) is 5.78 Å². The maximum atomic E-state index is 12.0. The summed E-state index contributed by atoms with van der Waals surface area (Å²) in [6.07, 6.45) is 0.532. The van der Waals surface area contributed by atoms with Gasteiger partial charge in [0.15, 0.2) is 5.78 Å². The predicted molar refractivity (Wildman–Crippen MR) is 72.3 cm³/mol. The van der Waals surface area contributed by atoms with E-state index in [1.54, 1.807) is 12.1 Å². The second-order valence-corrected chi connectivity index (χ2v) is 5.08. The highest BCUT2D eigenvalue weighted by atomic mass is 35.5. The number of nitrogens with zero attached hydrogens (tertiary/aromatic N) is 1. The first kappa shape index (κ1) is 13.5. The van der Waals surface area contributed by atoms with Gasteiger partial charge in [-0.25, -0.2) is 0 Å². The van der Waals surface area contributed by atoms with Crippen LogP contribution in [0.1, 0.15) is 23.7 Å². The molecule has 3 nitrogen and oxygen atoms in total. The van der Waals surface area contributed by atoms with Crippen LogP contribution >= 0.6 is 11.6 Å². The summed E-state index contributed by atoms with van der Waals surface area (Å²) in [7, 11) is 0. The Morgan fingerprint density at radius 2 is 2.39 bits per heavy atom. The van der Waals surface area contributed by atoms with E-state index in [4.69, 9.17) is 16.3 Å². The van der Waals surface area contributed by atoms with E-state index in [2.05, 4.69) is 11.8 Å². The number of carbonyl (C=O) groups is 1. The lowest BCUT2D eigenvalue weighted by Crippen LogP contribution is -2.44. The lowest BCUT2D eigenvalue weighted by atomic mass is 10.1. The fourth-order valence-electron chi connectivity index (χ4n) is 2.15. The Balaban J connectivity index is 1.88. The first-order chi connectivity index (χ1) is 8.66. The van der Waals surface area contributed by atoms with E-state index in [0.29, 0.717) is 23.0 Å². The van der Waals surface area contributed by atoms with E-state index < -0.39 is 0 Å². The third-order valence-electron chi connectivity index (χ3n) is 3.28. The molecule has 98 valence electrons. The summed E-state index contributed by atoms with van der Waals surface area (Å²) < 4.78 is 5.38. The van der Waals surface area contributed by atoms with Gasteiger partial charge in [-0.05, 0) is 19.1 Å². The summed E-state index contributed by atoms with van der Waals surface area (Å²) in [6.45, 7) is 5.34. The summed E-state index contributed by atoms with van der Waals surface area (Å²) in [5, 5.41) is 0.612. The monoisotopic (exact) mass is 267 g/mol. The van der Waals surface area contributed by atoms with Gasteiger partial charge in [-0.3, -0.25) is 9.69 Å². The molecule has 1 fully saturated rings. The van der Waals surface area contributed by atoms with Crippen molar-refractivity contribution in [3.05, 3.63) is 34.9 Å². The molecule has 2 rings (SSSR count). The highest BCUT2D eigenvalue weighted by Crippen LogP contribution is 2.13. The molecule has 0 aromatic heterocycles. The number of carbonyl (C=O) groups excluding carboxylic acids is 1. The van der Waals surface area contributed by atoms with Gasteiger partial charge >= 0.3 is 0 Å². The largest absolute Gasteiger partial charge is 0.379 e. The molecule has 0 amide bonds. The Labute approximate surface area is 113 Å². The Bertz CT molecular complexity index is 422. The zero-order chi connectivity index (χ0) is 13.0. The summed E-state index contributed by atoms with van der Waals surface area (Å²) in [6, 6.07) is 7.53. The van der Waals surface area contributed by atoms with Gasteiger partial charge in [-0.1, -0.05) is 23.7 Å². The van der Waals surface area contributed by atoms with Crippen molar-refractivity contribution < 1.29 is 9.53 Å². The lowest BCUT2D eigenvalue weighted by Gasteiger charge is -2.32. The third kappa shape index (κ3) is 3.55. The van der Waals surface area contributed by atoms with Crippen LogP contribution < -0.4 is 0 Å². The van der Waals surface area contributed by atoms with Crippen LogP contribution in [-0.2, 0) is 4.74 Å². The van der Waals surface area contributed by atoms with Crippen molar-refractivity contribution in [2.24, 2.45) is 0 Å². The highest BCUT2D eigenvalue weighted by molar-refractivity contribution is 6.31. The van der Waals surface area contributed by atoms with E-state index in [9.17, 15) is 4.79 Å². The van der Waals surface area contributed by atoms with Crippen molar-refractivity contribution in [3.63, 3.8) is 0 Å². The maximum Gasteiger partial charge on any atom is 0.164 e. The molecule has 1 heterocycles. The predicted octanol–water partition coefficient (Wildman–Crippen LogP) is 2.63. The Morgan fingerprint density at radius 1 is 1.56 bits per heavy atom. The average Bonchev–Trinajstić information content (AvgIpc) is 2.37. The third-order valence-corrected chi connectivity index (χ3v) is 3.51. The van der Waals surface area contributed by atoms with Gasteiger partial charge < -0.3 is 4.74 Å². The van der Waals surface area contributed by atoms with Crippen LogP contribution in [-0.4, -0.2) is 43.0 Å². The number of ether oxygens (including phenoxy) is 1. The first-order valence-corrected chi connectivity index (χ1v) is 6.65. The number of hydrogen-bond acceptors (Lipinski definition) is 3. The quantitative estimate of drug-likeness (QED) is 0.786. The molecule has 0 bridgehead atoms. The van der Waals surface area contributed by atoms with Gasteiger partial charge in [-0.2, -0.15) is 0 Å². The van der Waals surface area contributed by atoms with Crippen LogP contribution in [0, 0.1) is 0 Å². The van der Waals surface area contributed by atoms with Crippen molar-refractivity contribution in [1.29, 1.82) is 0 Å². The number of Topliss-reactive ketones (excluding diaryl/α,β-unsaturated/α-hetero) is 1. The molecule has 18 heavy (non-hydrogen) atoms.